The predicted octanol–water partition coefficient (Wildman–Crippen LogP) is 7.48. The number of thiocarbonyl (C=S) groups is 1. The molecule has 1 aromatic heterocycles. The second-order valence-corrected chi connectivity index (χ2v) is 7.46. The lowest BCUT2D eigenvalue weighted by atomic mass is 10.2. The summed E-state index contributed by atoms with van der Waals surface area (Å²) in [7, 11) is 0. The van der Waals surface area contributed by atoms with E-state index in [9.17, 15) is 4.79 Å². The Bertz CT molecular complexity index is 1030. The minimum atomic E-state index is 0.0538. The molecule has 0 N–H and O–H groups in total. The quantitative estimate of drug-likeness (QED) is 0.313. The smallest absolute Gasteiger partial charge is 0.200 e. The van der Waals surface area contributed by atoms with E-state index in [1.165, 1.54) is 0 Å². The summed E-state index contributed by atoms with van der Waals surface area (Å²) in [5.41, 5.74) is 3.08. The molecule has 0 aliphatic rings. The van der Waals surface area contributed by atoms with E-state index in [0.717, 1.165) is 39.1 Å². The lowest BCUT2D eigenvalue weighted by Crippen LogP contribution is -2.09. The number of aromatic nitrogens is 1. The first kappa shape index (κ1) is 22.9. The number of nitrogens with zero attached hydrogens (tertiary/aromatic N) is 1. The third-order valence-electron chi connectivity index (χ3n) is 4.16. The Morgan fingerprint density at radius 2 is 1.21 bits per heavy atom. The van der Waals surface area contributed by atoms with Crippen LogP contribution in [0.3, 0.4) is 0 Å². The van der Waals surface area contributed by atoms with Crippen molar-refractivity contribution < 1.29 is 4.79 Å². The second-order valence-electron chi connectivity index (χ2n) is 5.77. The molecule has 29 heavy (non-hydrogen) atoms. The molecule has 0 aliphatic carbocycles. The SMILES string of the molecule is CC.CC.O=C(Cc1ccccc1)SC(=S)n1c2ccccc2c2ccccc21. The largest absolute Gasteiger partial charge is 0.294 e. The zero-order chi connectivity index (χ0) is 21.2. The van der Waals surface area contributed by atoms with Crippen molar-refractivity contribution in [2.24, 2.45) is 0 Å². The highest BCUT2D eigenvalue weighted by molar-refractivity contribution is 8.32. The monoisotopic (exact) mass is 421 g/mol. The number of fused-ring (bicyclic) bond motifs is 3. The Morgan fingerprint density at radius 1 is 0.759 bits per heavy atom. The molecule has 0 radical (unpaired) electrons. The number of hydrogen-bond acceptors (Lipinski definition) is 3. The number of rotatable bonds is 2. The molecular formula is C25H27NOS2. The summed E-state index contributed by atoms with van der Waals surface area (Å²) in [5.74, 6) is 0. The third-order valence-corrected chi connectivity index (χ3v) is 5.32. The minimum absolute atomic E-state index is 0.0538. The molecule has 150 valence electrons. The lowest BCUT2D eigenvalue weighted by molar-refractivity contribution is -0.110. The molecule has 4 rings (SSSR count). The summed E-state index contributed by atoms with van der Waals surface area (Å²) in [5, 5.41) is 2.35. The molecule has 0 saturated carbocycles. The summed E-state index contributed by atoms with van der Waals surface area (Å²) in [6.45, 7) is 8.00. The van der Waals surface area contributed by atoms with Crippen LogP contribution in [0.25, 0.3) is 21.8 Å². The number of benzene rings is 3. The molecule has 0 atom stereocenters. The highest BCUT2D eigenvalue weighted by Crippen LogP contribution is 2.30. The molecule has 0 saturated heterocycles. The molecule has 4 heteroatoms. The molecule has 0 aliphatic heterocycles. The maximum atomic E-state index is 12.5. The van der Waals surface area contributed by atoms with Crippen molar-refractivity contribution in [2.45, 2.75) is 34.1 Å². The van der Waals surface area contributed by atoms with Crippen LogP contribution in [-0.4, -0.2) is 14.0 Å². The molecule has 1 heterocycles. The number of carbonyl (C=O) groups excluding carboxylic acids is 1. The van der Waals surface area contributed by atoms with E-state index in [-0.39, 0.29) is 5.12 Å². The van der Waals surface area contributed by atoms with Gasteiger partial charge in [0.15, 0.2) is 9.44 Å². The highest BCUT2D eigenvalue weighted by Gasteiger charge is 2.16. The molecule has 0 unspecified atom stereocenters. The van der Waals surface area contributed by atoms with Crippen LogP contribution in [0.2, 0.25) is 0 Å². The van der Waals surface area contributed by atoms with Crippen LogP contribution in [0.15, 0.2) is 78.9 Å². The lowest BCUT2D eigenvalue weighted by Gasteiger charge is -2.08. The van der Waals surface area contributed by atoms with Crippen molar-refractivity contribution in [1.82, 2.24) is 4.57 Å². The molecule has 2 nitrogen and oxygen atoms in total. The first-order chi connectivity index (χ1) is 14.2. The van der Waals surface area contributed by atoms with Crippen LogP contribution < -0.4 is 0 Å². The first-order valence-corrected chi connectivity index (χ1v) is 11.2. The third kappa shape index (κ3) is 5.34. The Kier molecular flexibility index (Phi) is 9.10. The molecule has 3 aromatic carbocycles. The van der Waals surface area contributed by atoms with E-state index in [1.54, 1.807) is 0 Å². The average molecular weight is 422 g/mol. The first-order valence-electron chi connectivity index (χ1n) is 10.0. The predicted molar refractivity (Wildman–Crippen MR) is 133 cm³/mol. The summed E-state index contributed by atoms with van der Waals surface area (Å²) in [6, 6.07) is 26.1. The van der Waals surface area contributed by atoms with Gasteiger partial charge < -0.3 is 0 Å². The number of thioether (sulfide) groups is 1. The normalized spacial score (nSPS) is 9.93. The zero-order valence-corrected chi connectivity index (χ0v) is 19.0. The fourth-order valence-electron chi connectivity index (χ4n) is 3.06. The number of carbonyl (C=O) groups is 1. The zero-order valence-electron chi connectivity index (χ0n) is 17.4. The molecular weight excluding hydrogens is 394 g/mol. The fourth-order valence-corrected chi connectivity index (χ4v) is 4.26. The summed E-state index contributed by atoms with van der Waals surface area (Å²) in [4.78, 5) is 12.5. The summed E-state index contributed by atoms with van der Waals surface area (Å²) >= 11 is 6.76. The van der Waals surface area contributed by atoms with Gasteiger partial charge in [-0.05, 0) is 29.5 Å². The summed E-state index contributed by atoms with van der Waals surface area (Å²) in [6.07, 6.45) is 0.378. The Hall–Kier alpha value is -2.43. The van der Waals surface area contributed by atoms with E-state index in [0.29, 0.717) is 10.7 Å². The van der Waals surface area contributed by atoms with Gasteiger partial charge in [-0.3, -0.25) is 9.36 Å². The van der Waals surface area contributed by atoms with E-state index in [1.807, 2.05) is 99.0 Å². The molecule has 0 spiro atoms. The average Bonchev–Trinajstić information content (AvgIpc) is 3.12. The minimum Gasteiger partial charge on any atom is -0.294 e. The second kappa shape index (κ2) is 11.5. The van der Waals surface area contributed by atoms with Crippen molar-refractivity contribution in [2.75, 3.05) is 0 Å². The van der Waals surface area contributed by atoms with E-state index >= 15 is 0 Å². The topological polar surface area (TPSA) is 22.0 Å². The van der Waals surface area contributed by atoms with Crippen molar-refractivity contribution in [3.05, 3.63) is 84.4 Å². The van der Waals surface area contributed by atoms with E-state index in [4.69, 9.17) is 12.2 Å². The van der Waals surface area contributed by atoms with Crippen molar-refractivity contribution in [1.29, 1.82) is 0 Å². The van der Waals surface area contributed by atoms with Gasteiger partial charge in [-0.15, -0.1) is 0 Å². The van der Waals surface area contributed by atoms with Crippen molar-refractivity contribution in [3.63, 3.8) is 0 Å². The standard InChI is InChI=1S/C21H15NOS2.2C2H6/c23-20(14-15-8-2-1-3-9-15)25-21(24)22-18-12-6-4-10-16(18)17-11-5-7-13-19(17)22;2*1-2/h1-13H,14H2;2*1-2H3. The van der Waals surface area contributed by atoms with Gasteiger partial charge in [0, 0.05) is 17.2 Å². The molecule has 0 amide bonds. The molecule has 0 fully saturated rings. The Morgan fingerprint density at radius 3 is 1.72 bits per heavy atom. The molecule has 4 aromatic rings. The summed E-state index contributed by atoms with van der Waals surface area (Å²) < 4.78 is 2.58. The number of para-hydroxylation sites is 2. The van der Waals surface area contributed by atoms with Crippen molar-refractivity contribution >= 4 is 55.2 Å². The van der Waals surface area contributed by atoms with Crippen LogP contribution in [0.4, 0.5) is 0 Å². The van der Waals surface area contributed by atoms with Crippen LogP contribution in [-0.2, 0) is 11.2 Å². The van der Waals surface area contributed by atoms with Crippen molar-refractivity contribution in [3.8, 4) is 0 Å². The van der Waals surface area contributed by atoms with Gasteiger partial charge in [0.2, 0.25) is 0 Å². The Balaban J connectivity index is 0.000000707. The number of hydrogen-bond donors (Lipinski definition) is 0. The van der Waals surface area contributed by atoms with Gasteiger partial charge in [0.05, 0.1) is 11.0 Å². The van der Waals surface area contributed by atoms with Crippen LogP contribution in [0.1, 0.15) is 33.3 Å². The van der Waals surface area contributed by atoms with Gasteiger partial charge >= 0.3 is 0 Å². The maximum absolute atomic E-state index is 12.5. The van der Waals surface area contributed by atoms with Gasteiger partial charge in [-0.2, -0.15) is 0 Å². The van der Waals surface area contributed by atoms with E-state index in [2.05, 4.69) is 12.1 Å². The fraction of sp³-hybridized carbons (Fsp3) is 0.200. The van der Waals surface area contributed by atoms with Gasteiger partial charge in [-0.1, -0.05) is 107 Å². The van der Waals surface area contributed by atoms with Crippen LogP contribution >= 0.6 is 24.0 Å². The van der Waals surface area contributed by atoms with Gasteiger partial charge in [-0.25, -0.2) is 0 Å². The van der Waals surface area contributed by atoms with Gasteiger partial charge in [0.25, 0.3) is 0 Å². The van der Waals surface area contributed by atoms with Gasteiger partial charge in [0.1, 0.15) is 0 Å². The van der Waals surface area contributed by atoms with Crippen LogP contribution in [0.5, 0.6) is 0 Å². The van der Waals surface area contributed by atoms with E-state index < -0.39 is 0 Å². The molecule has 0 bridgehead atoms. The highest BCUT2D eigenvalue weighted by atomic mass is 32.2. The maximum Gasteiger partial charge on any atom is 0.200 e. The van der Waals surface area contributed by atoms with Crippen LogP contribution in [0, 0.1) is 0 Å². The Labute approximate surface area is 182 Å².